The Bertz CT molecular complexity index is 241. The van der Waals surface area contributed by atoms with Crippen LogP contribution in [-0.4, -0.2) is 18.8 Å². The summed E-state index contributed by atoms with van der Waals surface area (Å²) in [7, 11) is -1.01. The largest absolute Gasteiger partial charge is 0.307 e. The molecule has 0 unspecified atom stereocenters. The van der Waals surface area contributed by atoms with Gasteiger partial charge in [-0.3, -0.25) is 4.67 Å². The first-order valence-corrected chi connectivity index (χ1v) is 4.47. The van der Waals surface area contributed by atoms with Crippen LogP contribution in [0.2, 0.25) is 0 Å². The Morgan fingerprint density at radius 3 is 1.21 bits per heavy atom. The molecule has 0 spiro atoms. The number of hydrogen-bond donors (Lipinski definition) is 0. The van der Waals surface area contributed by atoms with Gasteiger partial charge in [0.15, 0.2) is 0 Å². The molecule has 0 aliphatic heterocycles. The van der Waals surface area contributed by atoms with Crippen molar-refractivity contribution in [3.05, 3.63) is 23.3 Å². The van der Waals surface area contributed by atoms with Crippen LogP contribution in [-0.2, 0) is 0 Å². The van der Waals surface area contributed by atoms with Gasteiger partial charge in [0.1, 0.15) is 8.07 Å². The molecular formula is C6H6F6NP. The first-order chi connectivity index (χ1) is 6.29. The lowest BCUT2D eigenvalue weighted by Crippen LogP contribution is -2.05. The number of halogens is 6. The molecule has 8 heteroatoms. The van der Waals surface area contributed by atoms with Crippen LogP contribution >= 0.6 is 8.07 Å². The Labute approximate surface area is 77.5 Å². The summed E-state index contributed by atoms with van der Waals surface area (Å²) in [4.78, 5) is 0. The van der Waals surface area contributed by atoms with Crippen molar-refractivity contribution in [1.82, 2.24) is 4.67 Å². The number of rotatable bonds is 3. The van der Waals surface area contributed by atoms with Crippen molar-refractivity contribution in [3.8, 4) is 0 Å². The fraction of sp³-hybridized carbons (Fsp3) is 0.333. The normalized spacial score (nSPS) is 10.7. The maximum absolute atomic E-state index is 12.6. The van der Waals surface area contributed by atoms with Crippen molar-refractivity contribution in [2.45, 2.75) is 0 Å². The molecule has 82 valence electrons. The second-order valence-corrected chi connectivity index (χ2v) is 4.47. The summed E-state index contributed by atoms with van der Waals surface area (Å²) < 4.78 is 72.6. The summed E-state index contributed by atoms with van der Waals surface area (Å²) >= 11 is 0. The Balaban J connectivity index is 5.20. The van der Waals surface area contributed by atoms with Gasteiger partial charge >= 0.3 is 12.2 Å². The van der Waals surface area contributed by atoms with Crippen LogP contribution in [0.4, 0.5) is 26.3 Å². The van der Waals surface area contributed by atoms with E-state index in [1.807, 2.05) is 0 Å². The van der Waals surface area contributed by atoms with Crippen molar-refractivity contribution in [3.63, 3.8) is 0 Å². The zero-order chi connectivity index (χ0) is 11.5. The topological polar surface area (TPSA) is 3.24 Å². The third-order valence-corrected chi connectivity index (χ3v) is 2.97. The summed E-state index contributed by atoms with van der Waals surface area (Å²) in [5, 5.41) is 0. The molecule has 0 aliphatic carbocycles. The SMILES string of the molecule is CN(C)P(C(F)=C(F)F)C(F)=C(F)F. The maximum atomic E-state index is 12.6. The summed E-state index contributed by atoms with van der Waals surface area (Å²) in [5.74, 6) is 0. The molecule has 0 aromatic carbocycles. The van der Waals surface area contributed by atoms with Gasteiger partial charge in [-0.05, 0) is 14.1 Å². The van der Waals surface area contributed by atoms with E-state index < -0.39 is 31.4 Å². The van der Waals surface area contributed by atoms with Crippen LogP contribution in [0.5, 0.6) is 0 Å². The van der Waals surface area contributed by atoms with E-state index in [1.165, 1.54) is 0 Å². The van der Waals surface area contributed by atoms with Gasteiger partial charge < -0.3 is 0 Å². The van der Waals surface area contributed by atoms with Crippen molar-refractivity contribution in [2.24, 2.45) is 0 Å². The Morgan fingerprint density at radius 2 is 1.07 bits per heavy atom. The van der Waals surface area contributed by atoms with Crippen LogP contribution in [0.3, 0.4) is 0 Å². The first kappa shape index (κ1) is 13.4. The molecule has 0 fully saturated rings. The Kier molecular flexibility index (Phi) is 5.15. The molecule has 0 atom stereocenters. The van der Waals surface area contributed by atoms with Crippen molar-refractivity contribution in [1.29, 1.82) is 0 Å². The average Bonchev–Trinajstić information content (AvgIpc) is 2.03. The minimum absolute atomic E-state index is 0.637. The third-order valence-electron chi connectivity index (χ3n) is 1.08. The van der Waals surface area contributed by atoms with Gasteiger partial charge in [0, 0.05) is 0 Å². The summed E-state index contributed by atoms with van der Waals surface area (Å²) in [5.41, 5.74) is -4.31. The predicted molar refractivity (Wildman–Crippen MR) is 41.3 cm³/mol. The predicted octanol–water partition coefficient (Wildman–Crippen LogP) is 4.02. The van der Waals surface area contributed by atoms with E-state index in [1.54, 1.807) is 0 Å². The summed E-state index contributed by atoms with van der Waals surface area (Å²) in [6.07, 6.45) is -5.58. The highest BCUT2D eigenvalue weighted by Crippen LogP contribution is 2.57. The van der Waals surface area contributed by atoms with Crippen molar-refractivity contribution < 1.29 is 26.3 Å². The fourth-order valence-electron chi connectivity index (χ4n) is 0.597. The molecule has 0 heterocycles. The standard InChI is InChI=1S/C6H6F6NP/c1-13(2)14(5(11)3(7)8)6(12)4(9)10/h1-2H3. The van der Waals surface area contributed by atoms with E-state index in [4.69, 9.17) is 0 Å². The lowest BCUT2D eigenvalue weighted by atomic mass is 11.1. The molecule has 0 aromatic rings. The molecule has 14 heavy (non-hydrogen) atoms. The smallest absolute Gasteiger partial charge is 0.277 e. The van der Waals surface area contributed by atoms with Crippen LogP contribution in [0.25, 0.3) is 0 Å². The zero-order valence-corrected chi connectivity index (χ0v) is 8.06. The van der Waals surface area contributed by atoms with Crippen molar-refractivity contribution in [2.75, 3.05) is 14.1 Å². The number of hydrogen-bond acceptors (Lipinski definition) is 1. The van der Waals surface area contributed by atoms with Gasteiger partial charge in [0.25, 0.3) is 0 Å². The van der Waals surface area contributed by atoms with E-state index in [-0.39, 0.29) is 0 Å². The molecule has 1 nitrogen and oxygen atoms in total. The highest BCUT2D eigenvalue weighted by molar-refractivity contribution is 7.63. The summed E-state index contributed by atoms with van der Waals surface area (Å²) in [6.45, 7) is 0. The highest BCUT2D eigenvalue weighted by Gasteiger charge is 2.30. The minimum Gasteiger partial charge on any atom is -0.277 e. The Morgan fingerprint density at radius 1 is 0.786 bits per heavy atom. The lowest BCUT2D eigenvalue weighted by Gasteiger charge is -2.19. The monoisotopic (exact) mass is 237 g/mol. The summed E-state index contributed by atoms with van der Waals surface area (Å²) in [6, 6.07) is 0. The van der Waals surface area contributed by atoms with Gasteiger partial charge in [-0.15, -0.1) is 0 Å². The highest BCUT2D eigenvalue weighted by atomic mass is 31.1. The second-order valence-electron chi connectivity index (χ2n) is 2.26. The van der Waals surface area contributed by atoms with Crippen LogP contribution in [0.15, 0.2) is 23.3 Å². The van der Waals surface area contributed by atoms with Crippen LogP contribution < -0.4 is 0 Å². The van der Waals surface area contributed by atoms with Crippen molar-refractivity contribution >= 4 is 8.07 Å². The van der Waals surface area contributed by atoms with E-state index in [9.17, 15) is 26.3 Å². The molecule has 0 radical (unpaired) electrons. The molecular weight excluding hydrogens is 231 g/mol. The average molecular weight is 237 g/mol. The molecule has 0 N–H and O–H groups in total. The van der Waals surface area contributed by atoms with Gasteiger partial charge in [-0.25, -0.2) is 0 Å². The number of nitrogens with zero attached hydrogens (tertiary/aromatic N) is 1. The Hall–Kier alpha value is -0.550. The molecule has 0 bridgehead atoms. The van der Waals surface area contributed by atoms with E-state index in [2.05, 4.69) is 0 Å². The fourth-order valence-corrected chi connectivity index (χ4v) is 1.79. The second kappa shape index (κ2) is 5.36. The van der Waals surface area contributed by atoms with E-state index in [0.717, 1.165) is 14.1 Å². The molecule has 0 aliphatic rings. The van der Waals surface area contributed by atoms with E-state index in [0.29, 0.717) is 4.67 Å². The van der Waals surface area contributed by atoms with Crippen LogP contribution in [0, 0.1) is 0 Å². The molecule has 0 saturated carbocycles. The van der Waals surface area contributed by atoms with Gasteiger partial charge in [-0.1, -0.05) is 0 Å². The third kappa shape index (κ3) is 3.31. The van der Waals surface area contributed by atoms with E-state index >= 15 is 0 Å². The zero-order valence-electron chi connectivity index (χ0n) is 7.16. The van der Waals surface area contributed by atoms with Crippen LogP contribution in [0.1, 0.15) is 0 Å². The lowest BCUT2D eigenvalue weighted by molar-refractivity contribution is 0.384. The first-order valence-electron chi connectivity index (χ1n) is 3.18. The van der Waals surface area contributed by atoms with Gasteiger partial charge in [0.05, 0.1) is 0 Å². The minimum atomic E-state index is -3.06. The van der Waals surface area contributed by atoms with Gasteiger partial charge in [0.2, 0.25) is 11.1 Å². The molecule has 0 rings (SSSR count). The molecule has 0 aromatic heterocycles. The molecule has 0 amide bonds. The maximum Gasteiger partial charge on any atom is 0.307 e. The molecule has 0 saturated heterocycles. The quantitative estimate of drug-likeness (QED) is 0.529. The van der Waals surface area contributed by atoms with Gasteiger partial charge in [-0.2, -0.15) is 26.3 Å².